The highest BCUT2D eigenvalue weighted by Gasteiger charge is 2.42. The third-order valence-corrected chi connectivity index (χ3v) is 4.10. The lowest BCUT2D eigenvalue weighted by Gasteiger charge is -2.31. The van der Waals surface area contributed by atoms with E-state index >= 15 is 0 Å². The largest absolute Gasteiger partial charge is 0.351 e. The molecule has 1 amide bonds. The van der Waals surface area contributed by atoms with Gasteiger partial charge in [0.2, 0.25) is 5.91 Å². The minimum Gasteiger partial charge on any atom is -0.351 e. The molecular weight excluding hydrogens is 236 g/mol. The number of nitrogens with one attached hydrogen (secondary N) is 1. The molecule has 2 fully saturated rings. The van der Waals surface area contributed by atoms with Gasteiger partial charge in [0.1, 0.15) is 0 Å². The van der Waals surface area contributed by atoms with Crippen LogP contribution in [0.3, 0.4) is 0 Å². The molecule has 0 saturated heterocycles. The Morgan fingerprint density at radius 1 is 1.35 bits per heavy atom. The van der Waals surface area contributed by atoms with Gasteiger partial charge in [-0.05, 0) is 31.6 Å². The summed E-state index contributed by atoms with van der Waals surface area (Å²) in [4.78, 5) is 12.1. The summed E-state index contributed by atoms with van der Waals surface area (Å²) in [7, 11) is 0. The van der Waals surface area contributed by atoms with Gasteiger partial charge in [-0.3, -0.25) is 4.79 Å². The van der Waals surface area contributed by atoms with Crippen LogP contribution in [0.15, 0.2) is 0 Å². The maximum Gasteiger partial charge on any atom is 0.240 e. The van der Waals surface area contributed by atoms with Crippen LogP contribution in [0.1, 0.15) is 58.3 Å². The minimum atomic E-state index is -0.558. The average molecular weight is 261 g/mol. The van der Waals surface area contributed by atoms with Crippen LogP contribution >= 0.6 is 12.4 Å². The predicted octanol–water partition coefficient (Wildman–Crippen LogP) is 2.37. The molecule has 4 heteroatoms. The monoisotopic (exact) mass is 260 g/mol. The zero-order valence-corrected chi connectivity index (χ0v) is 11.5. The zero-order valence-electron chi connectivity index (χ0n) is 10.7. The van der Waals surface area contributed by atoms with Gasteiger partial charge in [0.05, 0.1) is 5.54 Å². The summed E-state index contributed by atoms with van der Waals surface area (Å²) in [5.74, 6) is 0.831. The van der Waals surface area contributed by atoms with Crippen LogP contribution in [-0.2, 0) is 4.79 Å². The summed E-state index contributed by atoms with van der Waals surface area (Å²) in [6.45, 7) is 2.20. The highest BCUT2D eigenvalue weighted by Crippen LogP contribution is 2.35. The Labute approximate surface area is 110 Å². The molecule has 2 unspecified atom stereocenters. The molecule has 0 aliphatic heterocycles. The fourth-order valence-corrected chi connectivity index (χ4v) is 2.84. The molecule has 2 saturated carbocycles. The van der Waals surface area contributed by atoms with Gasteiger partial charge in [0.25, 0.3) is 0 Å². The Kier molecular flexibility index (Phi) is 5.26. The normalized spacial score (nSPS) is 30.2. The lowest BCUT2D eigenvalue weighted by molar-refractivity contribution is -0.127. The van der Waals surface area contributed by atoms with E-state index in [9.17, 15) is 4.79 Å². The van der Waals surface area contributed by atoms with Gasteiger partial charge < -0.3 is 11.1 Å². The zero-order chi connectivity index (χ0) is 11.6. The van der Waals surface area contributed by atoms with Gasteiger partial charge in [-0.25, -0.2) is 0 Å². The molecule has 2 atom stereocenters. The SMILES string of the molecule is CCCC1CC1NC(=O)C1(N)CCCCC1.Cl. The molecule has 100 valence electrons. The van der Waals surface area contributed by atoms with Crippen LogP contribution < -0.4 is 11.1 Å². The number of carbonyl (C=O) groups is 1. The van der Waals surface area contributed by atoms with E-state index in [4.69, 9.17) is 5.73 Å². The van der Waals surface area contributed by atoms with Gasteiger partial charge in [-0.2, -0.15) is 0 Å². The number of halogens is 1. The lowest BCUT2D eigenvalue weighted by Crippen LogP contribution is -2.55. The van der Waals surface area contributed by atoms with Crippen LogP contribution in [0.2, 0.25) is 0 Å². The third-order valence-electron chi connectivity index (χ3n) is 4.10. The fraction of sp³-hybridized carbons (Fsp3) is 0.923. The maximum atomic E-state index is 12.1. The number of hydrogen-bond donors (Lipinski definition) is 2. The van der Waals surface area contributed by atoms with E-state index in [0.717, 1.165) is 38.0 Å². The highest BCUT2D eigenvalue weighted by molar-refractivity contribution is 5.86. The average Bonchev–Trinajstić information content (AvgIpc) is 2.98. The van der Waals surface area contributed by atoms with Gasteiger partial charge in [-0.1, -0.05) is 32.6 Å². The molecular formula is C13H25ClN2O. The Hall–Kier alpha value is -0.280. The van der Waals surface area contributed by atoms with Crippen molar-refractivity contribution in [3.63, 3.8) is 0 Å². The van der Waals surface area contributed by atoms with Crippen LogP contribution in [0.5, 0.6) is 0 Å². The van der Waals surface area contributed by atoms with Crippen LogP contribution in [0.4, 0.5) is 0 Å². The molecule has 2 aliphatic carbocycles. The van der Waals surface area contributed by atoms with Gasteiger partial charge in [0, 0.05) is 6.04 Å². The van der Waals surface area contributed by atoms with Crippen molar-refractivity contribution in [2.24, 2.45) is 11.7 Å². The summed E-state index contributed by atoms with van der Waals surface area (Å²) in [6, 6.07) is 0.426. The first-order valence-electron chi connectivity index (χ1n) is 6.75. The Balaban J connectivity index is 0.00000144. The topological polar surface area (TPSA) is 55.1 Å². The van der Waals surface area contributed by atoms with Crippen LogP contribution in [0, 0.1) is 5.92 Å². The summed E-state index contributed by atoms with van der Waals surface area (Å²) < 4.78 is 0. The molecule has 3 nitrogen and oxygen atoms in total. The molecule has 2 aliphatic rings. The van der Waals surface area contributed by atoms with Crippen molar-refractivity contribution >= 4 is 18.3 Å². The lowest BCUT2D eigenvalue weighted by atomic mass is 9.82. The Morgan fingerprint density at radius 3 is 2.59 bits per heavy atom. The van der Waals surface area contributed by atoms with E-state index < -0.39 is 5.54 Å². The molecule has 3 N–H and O–H groups in total. The first kappa shape index (κ1) is 14.8. The van der Waals surface area contributed by atoms with E-state index in [2.05, 4.69) is 12.2 Å². The summed E-state index contributed by atoms with van der Waals surface area (Å²) in [6.07, 6.45) is 8.78. The van der Waals surface area contributed by atoms with Crippen molar-refractivity contribution in [3.05, 3.63) is 0 Å². The number of rotatable bonds is 4. The van der Waals surface area contributed by atoms with Crippen molar-refractivity contribution in [1.82, 2.24) is 5.32 Å². The standard InChI is InChI=1S/C13H24N2O.ClH/c1-2-6-10-9-11(10)15-12(16)13(14)7-4-3-5-8-13;/h10-11H,2-9,14H2,1H3,(H,15,16);1H. The first-order chi connectivity index (χ1) is 7.65. The van der Waals surface area contributed by atoms with E-state index in [1.807, 2.05) is 0 Å². The van der Waals surface area contributed by atoms with Gasteiger partial charge >= 0.3 is 0 Å². The summed E-state index contributed by atoms with van der Waals surface area (Å²) >= 11 is 0. The Bertz CT molecular complexity index is 264. The van der Waals surface area contributed by atoms with Gasteiger partial charge in [-0.15, -0.1) is 12.4 Å². The smallest absolute Gasteiger partial charge is 0.240 e. The first-order valence-corrected chi connectivity index (χ1v) is 6.75. The second kappa shape index (κ2) is 6.05. The van der Waals surface area contributed by atoms with Gasteiger partial charge in [0.15, 0.2) is 0 Å². The Morgan fingerprint density at radius 2 is 2.00 bits per heavy atom. The second-order valence-corrected chi connectivity index (χ2v) is 5.58. The quantitative estimate of drug-likeness (QED) is 0.815. The second-order valence-electron chi connectivity index (χ2n) is 5.58. The van der Waals surface area contributed by atoms with E-state index in [1.165, 1.54) is 19.3 Å². The fourth-order valence-electron chi connectivity index (χ4n) is 2.84. The number of nitrogens with two attached hydrogens (primary N) is 1. The van der Waals surface area contributed by atoms with Crippen LogP contribution in [0.25, 0.3) is 0 Å². The minimum absolute atomic E-state index is 0. The molecule has 0 aromatic rings. The van der Waals surface area contributed by atoms with E-state index in [0.29, 0.717) is 6.04 Å². The summed E-state index contributed by atoms with van der Waals surface area (Å²) in [5, 5.41) is 3.14. The predicted molar refractivity (Wildman–Crippen MR) is 72.2 cm³/mol. The molecule has 17 heavy (non-hydrogen) atoms. The van der Waals surface area contributed by atoms with Crippen molar-refractivity contribution in [1.29, 1.82) is 0 Å². The molecule has 0 heterocycles. The van der Waals surface area contributed by atoms with Crippen molar-refractivity contribution < 1.29 is 4.79 Å². The molecule has 0 aromatic heterocycles. The van der Waals surface area contributed by atoms with Crippen molar-refractivity contribution in [2.75, 3.05) is 0 Å². The molecule has 0 spiro atoms. The van der Waals surface area contributed by atoms with E-state index in [-0.39, 0.29) is 18.3 Å². The van der Waals surface area contributed by atoms with Crippen molar-refractivity contribution in [2.45, 2.75) is 69.9 Å². The molecule has 0 aromatic carbocycles. The van der Waals surface area contributed by atoms with E-state index in [1.54, 1.807) is 0 Å². The maximum absolute atomic E-state index is 12.1. The number of hydrogen-bond acceptors (Lipinski definition) is 2. The number of amides is 1. The van der Waals surface area contributed by atoms with Crippen LogP contribution in [-0.4, -0.2) is 17.5 Å². The molecule has 0 bridgehead atoms. The third kappa shape index (κ3) is 3.59. The molecule has 0 radical (unpaired) electrons. The number of carbonyl (C=O) groups excluding carboxylic acids is 1. The molecule has 2 rings (SSSR count). The highest BCUT2D eigenvalue weighted by atomic mass is 35.5. The summed E-state index contributed by atoms with van der Waals surface area (Å²) in [5.41, 5.74) is 5.63. The van der Waals surface area contributed by atoms with Crippen molar-refractivity contribution in [3.8, 4) is 0 Å².